The number of aliphatic hydroxyl groups is 1. The minimum atomic E-state index is -0.924. The molecule has 1 aliphatic heterocycles. The number of aryl methyl sites for hydroxylation is 3. The van der Waals surface area contributed by atoms with Crippen LogP contribution < -0.4 is 38.2 Å². The maximum atomic E-state index is 14.7. The molecule has 111 heavy (non-hydrogen) atoms. The molecule has 1 aliphatic rings. The Balaban J connectivity index is 0.000000136. The van der Waals surface area contributed by atoms with E-state index in [-0.39, 0.29) is 53.0 Å². The van der Waals surface area contributed by atoms with Crippen molar-refractivity contribution in [1.29, 1.82) is 0 Å². The van der Waals surface area contributed by atoms with Crippen molar-refractivity contribution in [3.63, 3.8) is 0 Å². The highest BCUT2D eigenvalue weighted by Gasteiger charge is 2.26. The third kappa shape index (κ3) is 16.6. The molecule has 0 aliphatic carbocycles. The van der Waals surface area contributed by atoms with Gasteiger partial charge in [0.25, 0.3) is 16.7 Å². The van der Waals surface area contributed by atoms with Gasteiger partial charge in [-0.15, -0.1) is 0 Å². The molecule has 10 heterocycles. The maximum Gasteiger partial charge on any atom is 0.256 e. The van der Waals surface area contributed by atoms with Crippen LogP contribution in [0, 0.1) is 73.1 Å². The summed E-state index contributed by atoms with van der Waals surface area (Å²) in [5.41, 5.74) is 2.48. The van der Waals surface area contributed by atoms with Gasteiger partial charge in [0.1, 0.15) is 81.4 Å². The fourth-order valence-corrected chi connectivity index (χ4v) is 12.3. The van der Waals surface area contributed by atoms with Gasteiger partial charge in [-0.2, -0.15) is 15.0 Å². The van der Waals surface area contributed by atoms with Crippen molar-refractivity contribution in [2.45, 2.75) is 46.1 Å². The lowest BCUT2D eigenvalue weighted by Crippen LogP contribution is -2.24. The van der Waals surface area contributed by atoms with Crippen molar-refractivity contribution >= 4 is 62.0 Å². The SMILES string of the molecule is Cc1cc(F)ccc1-c1nc(NC2CCOC2)nc2c1ccc(=O)n2-c1c(F)cccc1F.Cc1cc(F)ccc1-c1nc(NCCCO)nc2c1ccc(=O)n2-c1c(F)cccc1F.Cc1cc(F)ccc1-c1nc(NCCc2cnc[nH]2)nc2c1ccc(=O)n2-c1c(F)cccc1F.O=c1ccc2cncnc2[nH]1. The van der Waals surface area contributed by atoms with E-state index in [0.717, 1.165) is 67.6 Å². The minimum absolute atomic E-state index is 0.0123. The molecule has 1 unspecified atom stereocenters. The van der Waals surface area contributed by atoms with Gasteiger partial charge in [-0.3, -0.25) is 32.9 Å². The molecule has 1 saturated heterocycles. The average molecular weight is 1520 g/mol. The summed E-state index contributed by atoms with van der Waals surface area (Å²) in [5.74, 6) is -6.29. The predicted molar refractivity (Wildman–Crippen MR) is 400 cm³/mol. The van der Waals surface area contributed by atoms with Gasteiger partial charge in [0.2, 0.25) is 23.4 Å². The Kier molecular flexibility index (Phi) is 22.7. The average Bonchev–Trinajstić information content (AvgIpc) is 0.919. The fourth-order valence-electron chi connectivity index (χ4n) is 12.3. The number of fused-ring (bicyclic) bond motifs is 4. The molecular weight excluding hydrogens is 1450 g/mol. The fraction of sp³-hybridized carbons (Fsp3) is 0.152. The third-order valence-corrected chi connectivity index (χ3v) is 17.6. The van der Waals surface area contributed by atoms with Gasteiger partial charge in [0.15, 0.2) is 16.9 Å². The highest BCUT2D eigenvalue weighted by Crippen LogP contribution is 2.36. The summed E-state index contributed by atoms with van der Waals surface area (Å²) in [5, 5.41) is 20.2. The number of anilines is 3. The first-order chi connectivity index (χ1) is 53.6. The molecule has 1 atom stereocenters. The van der Waals surface area contributed by atoms with E-state index >= 15 is 0 Å². The van der Waals surface area contributed by atoms with Gasteiger partial charge in [0.05, 0.1) is 36.1 Å². The summed E-state index contributed by atoms with van der Waals surface area (Å²) in [6.07, 6.45) is 8.03. The zero-order valence-electron chi connectivity index (χ0n) is 58.8. The summed E-state index contributed by atoms with van der Waals surface area (Å²) in [4.78, 5) is 93.5. The molecular formula is C79H62F9N17O6. The van der Waals surface area contributed by atoms with Crippen LogP contribution in [0.15, 0.2) is 202 Å². The van der Waals surface area contributed by atoms with Gasteiger partial charge in [-0.05, 0) is 166 Å². The molecule has 0 amide bonds. The van der Waals surface area contributed by atoms with E-state index in [9.17, 15) is 58.7 Å². The molecule has 32 heteroatoms. The number of rotatable bonds is 16. The highest BCUT2D eigenvalue weighted by atomic mass is 19.2. The number of pyridine rings is 4. The number of nitrogens with one attached hydrogen (secondary N) is 5. The molecule has 9 aromatic heterocycles. The third-order valence-electron chi connectivity index (χ3n) is 17.6. The summed E-state index contributed by atoms with van der Waals surface area (Å²) in [6.45, 7) is 6.89. The van der Waals surface area contributed by atoms with Crippen LogP contribution in [0.1, 0.15) is 35.2 Å². The molecule has 0 spiro atoms. The summed E-state index contributed by atoms with van der Waals surface area (Å²) in [7, 11) is 0. The number of aromatic amines is 2. The Morgan fingerprint density at radius 3 is 1.33 bits per heavy atom. The Morgan fingerprint density at radius 2 is 0.928 bits per heavy atom. The van der Waals surface area contributed by atoms with Crippen LogP contribution in [0.2, 0.25) is 0 Å². The minimum Gasteiger partial charge on any atom is -0.396 e. The lowest BCUT2D eigenvalue weighted by Gasteiger charge is -2.17. The van der Waals surface area contributed by atoms with Gasteiger partial charge < -0.3 is 35.8 Å². The van der Waals surface area contributed by atoms with Crippen molar-refractivity contribution in [1.82, 2.24) is 68.5 Å². The number of hydrogen-bond acceptors (Lipinski definition) is 18. The van der Waals surface area contributed by atoms with E-state index in [1.165, 1.54) is 103 Å². The smallest absolute Gasteiger partial charge is 0.256 e. The number of H-pyrrole nitrogens is 2. The first kappa shape index (κ1) is 75.6. The Bertz CT molecular complexity index is 6220. The molecule has 0 bridgehead atoms. The van der Waals surface area contributed by atoms with Crippen LogP contribution in [0.3, 0.4) is 0 Å². The molecule has 16 rings (SSSR count). The second-order valence-electron chi connectivity index (χ2n) is 25.1. The molecule has 6 aromatic carbocycles. The second kappa shape index (κ2) is 33.3. The number of aromatic nitrogens is 14. The van der Waals surface area contributed by atoms with Crippen LogP contribution in [0.4, 0.5) is 57.4 Å². The molecule has 23 nitrogen and oxygen atoms in total. The molecule has 6 N–H and O–H groups in total. The predicted octanol–water partition coefficient (Wildman–Crippen LogP) is 13.2. The lowest BCUT2D eigenvalue weighted by molar-refractivity contribution is 0.195. The number of benzene rings is 6. The van der Waals surface area contributed by atoms with Crippen LogP contribution in [-0.4, -0.2) is 113 Å². The first-order valence-electron chi connectivity index (χ1n) is 34.2. The topological polar surface area (TPSA) is 296 Å². The summed E-state index contributed by atoms with van der Waals surface area (Å²) >= 11 is 0. The van der Waals surface area contributed by atoms with Gasteiger partial charge in [-0.25, -0.2) is 69.4 Å². The second-order valence-corrected chi connectivity index (χ2v) is 25.1. The van der Waals surface area contributed by atoms with E-state index in [1.54, 1.807) is 63.8 Å². The Labute approximate surface area is 622 Å². The molecule has 15 aromatic rings. The van der Waals surface area contributed by atoms with E-state index in [4.69, 9.17) is 9.84 Å². The monoisotopic (exact) mass is 1520 g/mol. The van der Waals surface area contributed by atoms with Gasteiger partial charge in [-0.1, -0.05) is 18.2 Å². The summed E-state index contributed by atoms with van der Waals surface area (Å²) < 4.78 is 137. The first-order valence-corrected chi connectivity index (χ1v) is 34.2. The van der Waals surface area contributed by atoms with E-state index in [0.29, 0.717) is 111 Å². The van der Waals surface area contributed by atoms with Crippen molar-refractivity contribution in [3.05, 3.63) is 299 Å². The van der Waals surface area contributed by atoms with Crippen LogP contribution in [-0.2, 0) is 11.2 Å². The van der Waals surface area contributed by atoms with Crippen LogP contribution in [0.5, 0.6) is 0 Å². The number of nitrogens with zero attached hydrogens (tertiary/aromatic N) is 12. The molecule has 0 radical (unpaired) electrons. The lowest BCUT2D eigenvalue weighted by atomic mass is 10.0. The van der Waals surface area contributed by atoms with Crippen LogP contribution in [0.25, 0.3) is 95.0 Å². The normalized spacial score (nSPS) is 12.5. The number of hydrogen-bond donors (Lipinski definition) is 6. The zero-order valence-corrected chi connectivity index (χ0v) is 58.8. The number of para-hydroxylation sites is 3. The maximum absolute atomic E-state index is 14.7. The van der Waals surface area contributed by atoms with Crippen molar-refractivity contribution in [2.75, 3.05) is 48.9 Å². The number of imidazole rings is 1. The highest BCUT2D eigenvalue weighted by molar-refractivity contribution is 5.95. The standard InChI is InChI=1S/C25H19F3N6O.C24H19F3N4O2.C23H19F3N4O2.C7H5N3O/c1-14-11-15(26)5-6-17(14)22-18-7-8-21(35)34(23-19(27)3-2-4-20(23)28)24(18)33-25(32-22)30-10-9-16-12-29-13-31-16;1-13-11-14(25)5-6-16(13)21-17-7-8-20(32)31(22-18(26)3-2-4-19(22)27)23(17)30-24(29-21)28-15-9-10-33-12-15;1-13-12-14(24)6-7-15(13)20-16-8-9-19(32)30(21-17(25)4-2-5-18(21)26)22(16)29-23(28-20)27-10-3-11-31;11-6-2-1-5-3-8-4-9-7(5)10-6/h2-8,11-13H,9-10H2,1H3,(H,29,31)(H,30,32,33);2-8,11,15H,9-10,12H2,1H3,(H,28,29,30);2,4-9,12,31H,3,10-11H2,1H3,(H,27,28,29);1-4H,(H,8,9,10,11). The largest absolute Gasteiger partial charge is 0.396 e. The van der Waals surface area contributed by atoms with Crippen molar-refractivity contribution in [3.8, 4) is 50.8 Å². The molecule has 562 valence electrons. The molecule has 0 saturated carbocycles. The molecule has 1 fully saturated rings. The number of halogens is 9. The van der Waals surface area contributed by atoms with Crippen molar-refractivity contribution < 1.29 is 49.4 Å². The van der Waals surface area contributed by atoms with Crippen molar-refractivity contribution in [2.24, 2.45) is 0 Å². The van der Waals surface area contributed by atoms with E-state index < -0.39 is 86.1 Å². The Morgan fingerprint density at radius 1 is 0.495 bits per heavy atom. The quantitative estimate of drug-likeness (QED) is 0.0387. The number of ether oxygens (including phenoxy) is 1. The summed E-state index contributed by atoms with van der Waals surface area (Å²) in [6, 6.07) is 33.8. The van der Waals surface area contributed by atoms with Gasteiger partial charge in [0, 0.05) is 113 Å². The van der Waals surface area contributed by atoms with E-state index in [2.05, 4.69) is 70.8 Å². The Hall–Kier alpha value is -13.6. The van der Waals surface area contributed by atoms with Gasteiger partial charge >= 0.3 is 0 Å². The number of aliphatic hydroxyl groups excluding tert-OH is 1. The van der Waals surface area contributed by atoms with E-state index in [1.807, 2.05) is 0 Å². The zero-order chi connectivity index (χ0) is 78.1. The van der Waals surface area contributed by atoms with Crippen LogP contribution >= 0.6 is 0 Å².